The van der Waals surface area contributed by atoms with Gasteiger partial charge >= 0.3 is 19.8 Å². The number of carbonyl (C=O) groups is 2. The van der Waals surface area contributed by atoms with Crippen molar-refractivity contribution in [3.05, 3.63) is 85.1 Å². The molecule has 0 aliphatic carbocycles. The summed E-state index contributed by atoms with van der Waals surface area (Å²) in [5.74, 6) is -0.869. The summed E-state index contributed by atoms with van der Waals surface area (Å²) in [5, 5.41) is 0. The number of rotatable bonds is 39. The number of quaternary nitrogens is 1. The zero-order chi connectivity index (χ0) is 42.8. The first-order valence-electron chi connectivity index (χ1n) is 22.3. The Kier molecular flexibility index (Phi) is 37.7. The van der Waals surface area contributed by atoms with Crippen LogP contribution >= 0.6 is 7.82 Å². The van der Waals surface area contributed by atoms with Gasteiger partial charge in [0.25, 0.3) is 0 Å². The Labute approximate surface area is 354 Å². The molecule has 0 aliphatic heterocycles. The molecule has 0 saturated carbocycles. The Hall–Kier alpha value is -2.81. The van der Waals surface area contributed by atoms with Crippen LogP contribution in [0.4, 0.5) is 0 Å². The molecule has 0 aromatic heterocycles. The Morgan fingerprint density at radius 3 is 1.45 bits per heavy atom. The highest BCUT2D eigenvalue weighted by molar-refractivity contribution is 7.47. The van der Waals surface area contributed by atoms with Crippen LogP contribution in [-0.2, 0) is 32.7 Å². The third-order valence-electron chi connectivity index (χ3n) is 8.88. The molecular weight excluding hydrogens is 750 g/mol. The zero-order valence-electron chi connectivity index (χ0n) is 37.2. The van der Waals surface area contributed by atoms with E-state index >= 15 is 0 Å². The fourth-order valence-electron chi connectivity index (χ4n) is 5.36. The molecular formula is C48H83NO8P+. The Balaban J connectivity index is 4.48. The maximum absolute atomic E-state index is 12.7. The average molecular weight is 833 g/mol. The predicted octanol–water partition coefficient (Wildman–Crippen LogP) is 12.8. The number of phosphoric acid groups is 1. The molecule has 332 valence electrons. The summed E-state index contributed by atoms with van der Waals surface area (Å²) < 4.78 is 34.3. The Morgan fingerprint density at radius 1 is 0.534 bits per heavy atom. The SMILES string of the molecule is CCC/C=C/C/C=C/C/C=C/C/C=C/CCCCCC(=O)O[C@H](COC(=O)CCCCCC/C=C/C/C=C/C/C=C/CCCCC)COP(=O)(O)OCC[N+](C)(C)C. The van der Waals surface area contributed by atoms with Crippen molar-refractivity contribution in [3.63, 3.8) is 0 Å². The van der Waals surface area contributed by atoms with Crippen molar-refractivity contribution in [3.8, 4) is 0 Å². The summed E-state index contributed by atoms with van der Waals surface area (Å²) in [6.07, 6.45) is 50.5. The topological polar surface area (TPSA) is 108 Å². The zero-order valence-corrected chi connectivity index (χ0v) is 38.1. The van der Waals surface area contributed by atoms with Gasteiger partial charge in [-0.3, -0.25) is 18.6 Å². The second kappa shape index (κ2) is 39.6. The maximum atomic E-state index is 12.7. The van der Waals surface area contributed by atoms with Crippen molar-refractivity contribution in [2.24, 2.45) is 0 Å². The first-order chi connectivity index (χ1) is 28.0. The summed E-state index contributed by atoms with van der Waals surface area (Å²) in [4.78, 5) is 35.4. The summed E-state index contributed by atoms with van der Waals surface area (Å²) in [7, 11) is 1.43. The van der Waals surface area contributed by atoms with E-state index in [2.05, 4.69) is 98.9 Å². The number of esters is 2. The number of phosphoric ester groups is 1. The number of ether oxygens (including phenoxy) is 2. The van der Waals surface area contributed by atoms with Crippen LogP contribution in [0.5, 0.6) is 0 Å². The summed E-state index contributed by atoms with van der Waals surface area (Å²) in [6.45, 7) is 4.24. The lowest BCUT2D eigenvalue weighted by Crippen LogP contribution is -2.37. The van der Waals surface area contributed by atoms with Gasteiger partial charge in [0, 0.05) is 12.8 Å². The molecule has 0 fully saturated rings. The van der Waals surface area contributed by atoms with Gasteiger partial charge in [-0.25, -0.2) is 4.57 Å². The standard InChI is InChI=1S/C48H82NO8P/c1-6-8-10-12-14-16-18-20-22-24-26-28-30-32-34-36-38-40-47(50)54-44-46(45-56-58(52,53)55-43-42-49(3,4)5)57-48(51)41-39-37-35-33-31-29-27-25-23-21-19-17-15-13-11-9-7-2/h11,13-14,16-17,19-20,22-23,25-26,28-29,31,46H,6-10,12,15,18,21,24,27,30,32-45H2,1-5H3/p+1/b13-11+,16-14+,19-17+,22-20+,25-23+,28-26+,31-29+/t46-/m1/s1. The quantitative estimate of drug-likeness (QED) is 0.0214. The molecule has 0 rings (SSSR count). The molecule has 2 atom stereocenters. The van der Waals surface area contributed by atoms with Gasteiger partial charge in [-0.15, -0.1) is 0 Å². The number of allylic oxidation sites excluding steroid dienone is 14. The minimum atomic E-state index is -4.40. The molecule has 0 bridgehead atoms. The molecule has 0 saturated heterocycles. The van der Waals surface area contributed by atoms with E-state index in [1.54, 1.807) is 0 Å². The van der Waals surface area contributed by atoms with Crippen LogP contribution < -0.4 is 0 Å². The van der Waals surface area contributed by atoms with Crippen molar-refractivity contribution in [1.82, 2.24) is 0 Å². The second-order valence-corrected chi connectivity index (χ2v) is 17.2. The lowest BCUT2D eigenvalue weighted by Gasteiger charge is -2.24. The predicted molar refractivity (Wildman–Crippen MR) is 242 cm³/mol. The van der Waals surface area contributed by atoms with Crippen molar-refractivity contribution in [1.29, 1.82) is 0 Å². The van der Waals surface area contributed by atoms with Crippen LogP contribution in [-0.4, -0.2) is 74.9 Å². The summed E-state index contributed by atoms with van der Waals surface area (Å²) in [6, 6.07) is 0. The van der Waals surface area contributed by atoms with Gasteiger partial charge in [-0.1, -0.05) is 137 Å². The van der Waals surface area contributed by atoms with Crippen LogP contribution in [0, 0.1) is 0 Å². The van der Waals surface area contributed by atoms with Crippen molar-refractivity contribution >= 4 is 19.8 Å². The van der Waals surface area contributed by atoms with E-state index in [0.717, 1.165) is 83.5 Å². The van der Waals surface area contributed by atoms with Gasteiger partial charge in [0.1, 0.15) is 19.8 Å². The molecule has 0 radical (unpaired) electrons. The number of hydrogen-bond donors (Lipinski definition) is 1. The van der Waals surface area contributed by atoms with Gasteiger partial charge < -0.3 is 18.9 Å². The molecule has 58 heavy (non-hydrogen) atoms. The van der Waals surface area contributed by atoms with E-state index in [-0.39, 0.29) is 26.1 Å². The molecule has 0 aromatic rings. The molecule has 1 N–H and O–H groups in total. The van der Waals surface area contributed by atoms with Gasteiger partial charge in [0.2, 0.25) is 0 Å². The van der Waals surface area contributed by atoms with E-state index in [1.165, 1.54) is 32.1 Å². The smallest absolute Gasteiger partial charge is 0.462 e. The molecule has 0 aromatic carbocycles. The van der Waals surface area contributed by atoms with Gasteiger partial charge in [-0.05, 0) is 89.9 Å². The van der Waals surface area contributed by atoms with E-state index in [9.17, 15) is 19.0 Å². The number of carbonyl (C=O) groups excluding carboxylic acids is 2. The lowest BCUT2D eigenvalue weighted by molar-refractivity contribution is -0.870. The van der Waals surface area contributed by atoms with E-state index in [4.69, 9.17) is 18.5 Å². The fraction of sp³-hybridized carbons (Fsp3) is 0.667. The molecule has 1 unspecified atom stereocenters. The second-order valence-electron chi connectivity index (χ2n) is 15.7. The van der Waals surface area contributed by atoms with Gasteiger partial charge in [0.05, 0.1) is 27.7 Å². The fourth-order valence-corrected chi connectivity index (χ4v) is 6.10. The third kappa shape index (κ3) is 42.8. The molecule has 10 heteroatoms. The molecule has 0 amide bonds. The lowest BCUT2D eigenvalue weighted by atomic mass is 10.1. The third-order valence-corrected chi connectivity index (χ3v) is 9.86. The van der Waals surface area contributed by atoms with Crippen molar-refractivity contribution in [2.45, 2.75) is 161 Å². The number of hydrogen-bond acceptors (Lipinski definition) is 7. The van der Waals surface area contributed by atoms with Gasteiger partial charge in [-0.2, -0.15) is 0 Å². The van der Waals surface area contributed by atoms with Crippen molar-refractivity contribution in [2.75, 3.05) is 47.5 Å². The van der Waals surface area contributed by atoms with Crippen molar-refractivity contribution < 1.29 is 42.1 Å². The largest absolute Gasteiger partial charge is 0.472 e. The molecule has 0 aliphatic rings. The highest BCUT2D eigenvalue weighted by Gasteiger charge is 2.27. The maximum Gasteiger partial charge on any atom is 0.472 e. The first kappa shape index (κ1) is 55.2. The molecule has 0 heterocycles. The molecule has 0 spiro atoms. The number of unbranched alkanes of at least 4 members (excludes halogenated alkanes) is 11. The highest BCUT2D eigenvalue weighted by atomic mass is 31.2. The normalized spacial score (nSPS) is 14.4. The van der Waals surface area contributed by atoms with Crippen LogP contribution in [0.25, 0.3) is 0 Å². The minimum Gasteiger partial charge on any atom is -0.462 e. The molecule has 9 nitrogen and oxygen atoms in total. The number of nitrogens with zero attached hydrogens (tertiary/aromatic N) is 1. The number of likely N-dealkylation sites (N-methyl/N-ethyl adjacent to an activating group) is 1. The van der Waals surface area contributed by atoms with E-state index in [0.29, 0.717) is 23.9 Å². The van der Waals surface area contributed by atoms with Crippen LogP contribution in [0.1, 0.15) is 155 Å². The Bertz CT molecular complexity index is 1260. The monoisotopic (exact) mass is 833 g/mol. The summed E-state index contributed by atoms with van der Waals surface area (Å²) in [5.41, 5.74) is 0. The first-order valence-corrected chi connectivity index (χ1v) is 23.8. The highest BCUT2D eigenvalue weighted by Crippen LogP contribution is 2.43. The van der Waals surface area contributed by atoms with Gasteiger partial charge in [0.15, 0.2) is 6.10 Å². The average Bonchev–Trinajstić information content (AvgIpc) is 3.17. The van der Waals surface area contributed by atoms with E-state index in [1.807, 2.05) is 21.1 Å². The van der Waals surface area contributed by atoms with Crippen LogP contribution in [0.2, 0.25) is 0 Å². The van der Waals surface area contributed by atoms with Crippen LogP contribution in [0.15, 0.2) is 85.1 Å². The minimum absolute atomic E-state index is 0.0165. The van der Waals surface area contributed by atoms with E-state index < -0.39 is 32.5 Å². The van der Waals surface area contributed by atoms with Crippen LogP contribution in [0.3, 0.4) is 0 Å². The Morgan fingerprint density at radius 2 is 0.966 bits per heavy atom. The summed E-state index contributed by atoms with van der Waals surface area (Å²) >= 11 is 0.